The Bertz CT molecular complexity index is 509. The average molecular weight is 316 g/mol. The molecule has 0 spiro atoms. The lowest BCUT2D eigenvalue weighted by Crippen LogP contribution is -2.29. The average Bonchev–Trinajstić information content (AvgIpc) is 2.34. The number of carbonyl (C=O) groups excluding carboxylic acids is 2. The van der Waals surface area contributed by atoms with Crippen molar-refractivity contribution >= 4 is 40.8 Å². The lowest BCUT2D eigenvalue weighted by molar-refractivity contribution is -0.148. The van der Waals surface area contributed by atoms with Crippen LogP contribution in [-0.4, -0.2) is 18.0 Å². The van der Waals surface area contributed by atoms with Crippen LogP contribution in [0.15, 0.2) is 30.4 Å². The smallest absolute Gasteiger partial charge is 0.331 e. The van der Waals surface area contributed by atoms with Crippen LogP contribution in [0.2, 0.25) is 10.0 Å². The molecule has 0 aromatic heterocycles. The molecule has 4 nitrogen and oxygen atoms in total. The minimum Gasteiger partial charge on any atom is -0.449 e. The number of benzene rings is 1. The molecule has 0 aliphatic carbocycles. The molecule has 1 atom stereocenters. The zero-order valence-corrected chi connectivity index (χ0v) is 12.7. The molecule has 0 heterocycles. The summed E-state index contributed by atoms with van der Waals surface area (Å²) in [7, 11) is 0. The zero-order valence-electron chi connectivity index (χ0n) is 11.2. The third-order valence-electron chi connectivity index (χ3n) is 2.28. The van der Waals surface area contributed by atoms with Crippen molar-refractivity contribution in [2.24, 2.45) is 0 Å². The van der Waals surface area contributed by atoms with E-state index < -0.39 is 18.0 Å². The number of amides is 1. The van der Waals surface area contributed by atoms with Crippen LogP contribution < -0.4 is 5.32 Å². The minimum absolute atomic E-state index is 0.406. The summed E-state index contributed by atoms with van der Waals surface area (Å²) >= 11 is 11.6. The molecule has 0 saturated carbocycles. The number of hydrogen-bond donors (Lipinski definition) is 1. The normalized spacial score (nSPS) is 12.2. The Labute approximate surface area is 127 Å². The summed E-state index contributed by atoms with van der Waals surface area (Å²) in [6, 6.07) is 4.66. The predicted octanol–water partition coefficient (Wildman–Crippen LogP) is 3.83. The molecule has 0 fully saturated rings. The van der Waals surface area contributed by atoms with Gasteiger partial charge in [-0.1, -0.05) is 36.2 Å². The highest BCUT2D eigenvalue weighted by atomic mass is 35.5. The number of allylic oxidation sites excluding steroid dienone is 1. The molecule has 1 N–H and O–H groups in total. The first-order valence-corrected chi connectivity index (χ1v) is 6.82. The van der Waals surface area contributed by atoms with Gasteiger partial charge in [0.05, 0.1) is 0 Å². The number of esters is 1. The number of carbonyl (C=O) groups is 2. The van der Waals surface area contributed by atoms with Crippen molar-refractivity contribution in [3.8, 4) is 0 Å². The van der Waals surface area contributed by atoms with Crippen LogP contribution in [-0.2, 0) is 14.3 Å². The first-order chi connectivity index (χ1) is 9.42. The van der Waals surface area contributed by atoms with Crippen molar-refractivity contribution < 1.29 is 14.3 Å². The van der Waals surface area contributed by atoms with E-state index in [1.165, 1.54) is 13.0 Å². The number of nitrogens with one attached hydrogen (secondary N) is 1. The number of rotatable bonds is 5. The van der Waals surface area contributed by atoms with Crippen LogP contribution in [0.5, 0.6) is 0 Å². The van der Waals surface area contributed by atoms with Gasteiger partial charge in [0, 0.05) is 21.8 Å². The molecule has 0 aliphatic heterocycles. The molecule has 1 rings (SSSR count). The molecule has 1 aromatic carbocycles. The van der Waals surface area contributed by atoms with Gasteiger partial charge in [-0.2, -0.15) is 0 Å². The third kappa shape index (κ3) is 5.63. The quantitative estimate of drug-likeness (QED) is 0.663. The Morgan fingerprint density at radius 1 is 1.30 bits per heavy atom. The SMILES string of the molecule is CC/C=C/C(=O)O[C@H](C)C(=O)Nc1cc(Cl)cc(Cl)c1. The van der Waals surface area contributed by atoms with Crippen LogP contribution in [0, 0.1) is 0 Å². The molecular weight excluding hydrogens is 301 g/mol. The standard InChI is InChI=1S/C14H15Cl2NO3/c1-3-4-5-13(18)20-9(2)14(19)17-12-7-10(15)6-11(16)8-12/h4-9H,3H2,1-2H3,(H,17,19)/b5-4+/t9-/m1/s1. The largest absolute Gasteiger partial charge is 0.449 e. The molecule has 20 heavy (non-hydrogen) atoms. The van der Waals surface area contributed by atoms with Crippen molar-refractivity contribution in [3.63, 3.8) is 0 Å². The van der Waals surface area contributed by atoms with Gasteiger partial charge in [-0.15, -0.1) is 0 Å². The molecule has 0 radical (unpaired) electrons. The summed E-state index contributed by atoms with van der Waals surface area (Å²) in [6.07, 6.45) is 2.75. The number of anilines is 1. The van der Waals surface area contributed by atoms with E-state index >= 15 is 0 Å². The molecule has 108 valence electrons. The Hall–Kier alpha value is -1.52. The molecule has 0 saturated heterocycles. The second-order valence-electron chi connectivity index (χ2n) is 4.04. The van der Waals surface area contributed by atoms with Crippen molar-refractivity contribution in [1.29, 1.82) is 0 Å². The van der Waals surface area contributed by atoms with Crippen molar-refractivity contribution in [2.75, 3.05) is 5.32 Å². The minimum atomic E-state index is -0.915. The fraction of sp³-hybridized carbons (Fsp3) is 0.286. The molecule has 1 aromatic rings. The molecule has 0 bridgehead atoms. The zero-order chi connectivity index (χ0) is 15.1. The second-order valence-corrected chi connectivity index (χ2v) is 4.91. The monoisotopic (exact) mass is 315 g/mol. The Balaban J connectivity index is 2.61. The van der Waals surface area contributed by atoms with Gasteiger partial charge in [0.1, 0.15) is 0 Å². The number of hydrogen-bond acceptors (Lipinski definition) is 3. The van der Waals surface area contributed by atoms with Gasteiger partial charge >= 0.3 is 5.97 Å². The third-order valence-corrected chi connectivity index (χ3v) is 2.72. The summed E-state index contributed by atoms with van der Waals surface area (Å²) in [5, 5.41) is 3.39. The van der Waals surface area contributed by atoms with E-state index in [0.29, 0.717) is 15.7 Å². The lowest BCUT2D eigenvalue weighted by atomic mass is 10.3. The second kappa shape index (κ2) is 7.92. The van der Waals surface area contributed by atoms with Gasteiger partial charge in [0.2, 0.25) is 0 Å². The Kier molecular flexibility index (Phi) is 6.55. The highest BCUT2D eigenvalue weighted by Gasteiger charge is 2.16. The summed E-state index contributed by atoms with van der Waals surface area (Å²) in [4.78, 5) is 23.2. The summed E-state index contributed by atoms with van der Waals surface area (Å²) < 4.78 is 4.94. The van der Waals surface area contributed by atoms with Gasteiger partial charge in [-0.3, -0.25) is 4.79 Å². The van der Waals surface area contributed by atoms with E-state index in [1.54, 1.807) is 24.3 Å². The topological polar surface area (TPSA) is 55.4 Å². The highest BCUT2D eigenvalue weighted by Crippen LogP contribution is 2.22. The van der Waals surface area contributed by atoms with E-state index in [1.807, 2.05) is 6.92 Å². The van der Waals surface area contributed by atoms with Crippen molar-refractivity contribution in [2.45, 2.75) is 26.4 Å². The summed E-state index contributed by atoms with van der Waals surface area (Å²) in [5.41, 5.74) is 0.444. The van der Waals surface area contributed by atoms with E-state index in [2.05, 4.69) is 5.32 Å². The predicted molar refractivity (Wildman–Crippen MR) is 80.1 cm³/mol. The maximum absolute atomic E-state index is 11.8. The van der Waals surface area contributed by atoms with Gasteiger partial charge in [-0.05, 0) is 31.5 Å². The Morgan fingerprint density at radius 3 is 2.45 bits per heavy atom. The van der Waals surface area contributed by atoms with Gasteiger partial charge in [0.15, 0.2) is 6.10 Å². The lowest BCUT2D eigenvalue weighted by Gasteiger charge is -2.12. The Morgan fingerprint density at radius 2 is 1.90 bits per heavy atom. The fourth-order valence-electron chi connectivity index (χ4n) is 1.35. The molecule has 0 unspecified atom stereocenters. The van der Waals surface area contributed by atoms with Crippen molar-refractivity contribution in [3.05, 3.63) is 40.4 Å². The number of ether oxygens (including phenoxy) is 1. The van der Waals surface area contributed by atoms with Gasteiger partial charge < -0.3 is 10.1 Å². The van der Waals surface area contributed by atoms with Gasteiger partial charge in [0.25, 0.3) is 5.91 Å². The fourth-order valence-corrected chi connectivity index (χ4v) is 1.88. The molecule has 6 heteroatoms. The summed E-state index contributed by atoms with van der Waals surface area (Å²) in [5.74, 6) is -1.01. The first kappa shape index (κ1) is 16.5. The van der Waals surface area contributed by atoms with E-state index in [4.69, 9.17) is 27.9 Å². The van der Waals surface area contributed by atoms with Crippen LogP contribution >= 0.6 is 23.2 Å². The molecule has 0 aliphatic rings. The van der Waals surface area contributed by atoms with Crippen LogP contribution in [0.3, 0.4) is 0 Å². The van der Waals surface area contributed by atoms with E-state index in [9.17, 15) is 9.59 Å². The van der Waals surface area contributed by atoms with Crippen LogP contribution in [0.25, 0.3) is 0 Å². The van der Waals surface area contributed by atoms with Crippen molar-refractivity contribution in [1.82, 2.24) is 0 Å². The summed E-state index contributed by atoms with van der Waals surface area (Å²) in [6.45, 7) is 3.38. The maximum atomic E-state index is 11.8. The van der Waals surface area contributed by atoms with Gasteiger partial charge in [-0.25, -0.2) is 4.79 Å². The van der Waals surface area contributed by atoms with Crippen LogP contribution in [0.1, 0.15) is 20.3 Å². The van der Waals surface area contributed by atoms with Crippen LogP contribution in [0.4, 0.5) is 5.69 Å². The molecular formula is C14H15Cl2NO3. The highest BCUT2D eigenvalue weighted by molar-refractivity contribution is 6.35. The molecule has 1 amide bonds. The van der Waals surface area contributed by atoms with E-state index in [-0.39, 0.29) is 0 Å². The van der Waals surface area contributed by atoms with E-state index in [0.717, 1.165) is 6.42 Å². The number of halogens is 2. The first-order valence-electron chi connectivity index (χ1n) is 6.06. The maximum Gasteiger partial charge on any atom is 0.331 e.